The minimum Gasteiger partial charge on any atom is -0.396 e. The third kappa shape index (κ3) is 3.23. The lowest BCUT2D eigenvalue weighted by Crippen LogP contribution is -1.91. The highest BCUT2D eigenvalue weighted by Gasteiger charge is 2.08. The molecule has 1 aromatic heterocycles. The number of nitrogen functional groups attached to an aromatic ring is 1. The van der Waals surface area contributed by atoms with E-state index in [9.17, 15) is 4.39 Å². The highest BCUT2D eigenvalue weighted by Crippen LogP contribution is 2.26. The largest absolute Gasteiger partial charge is 0.396 e. The van der Waals surface area contributed by atoms with Crippen molar-refractivity contribution in [1.82, 2.24) is 4.98 Å². The lowest BCUT2D eigenvalue weighted by molar-refractivity contribution is 0.632. The number of aromatic nitrogens is 1. The molecule has 3 aromatic rings. The molecule has 0 radical (unpaired) electrons. The first-order chi connectivity index (χ1) is 10.1. The number of hydrogen-bond acceptors (Lipinski definition) is 3. The normalized spacial score (nSPS) is 10.8. The number of benzene rings is 2. The molecule has 0 atom stereocenters. The van der Waals surface area contributed by atoms with Crippen LogP contribution in [-0.4, -0.2) is 4.98 Å². The zero-order chi connectivity index (χ0) is 14.8. The molecule has 0 fully saturated rings. The van der Waals surface area contributed by atoms with Gasteiger partial charge in [-0.2, -0.15) is 0 Å². The number of hydrogen-bond donors (Lipinski definition) is 1. The molecule has 1 heterocycles. The van der Waals surface area contributed by atoms with Crippen LogP contribution in [0.15, 0.2) is 47.8 Å². The number of nitrogens with zero attached hydrogens (tertiary/aromatic N) is 1. The van der Waals surface area contributed by atoms with Crippen molar-refractivity contribution >= 4 is 28.6 Å². The van der Waals surface area contributed by atoms with Crippen LogP contribution in [0.25, 0.3) is 11.3 Å². The molecule has 0 saturated carbocycles. The van der Waals surface area contributed by atoms with Gasteiger partial charge in [-0.05, 0) is 35.9 Å². The van der Waals surface area contributed by atoms with E-state index in [1.807, 2.05) is 29.6 Å². The van der Waals surface area contributed by atoms with Gasteiger partial charge in [0.15, 0.2) is 0 Å². The van der Waals surface area contributed by atoms with Crippen molar-refractivity contribution < 1.29 is 4.39 Å². The van der Waals surface area contributed by atoms with Crippen LogP contribution in [0.2, 0.25) is 5.02 Å². The molecule has 0 aliphatic rings. The molecule has 2 N–H and O–H groups in total. The third-order valence-electron chi connectivity index (χ3n) is 3.09. The van der Waals surface area contributed by atoms with Crippen molar-refractivity contribution in [2.45, 2.75) is 6.42 Å². The van der Waals surface area contributed by atoms with Gasteiger partial charge in [-0.1, -0.05) is 23.7 Å². The Labute approximate surface area is 131 Å². The average molecular weight is 319 g/mol. The third-order valence-corrected chi connectivity index (χ3v) is 4.17. The van der Waals surface area contributed by atoms with E-state index in [-0.39, 0.29) is 5.69 Å². The van der Waals surface area contributed by atoms with Crippen LogP contribution in [0.3, 0.4) is 0 Å². The maximum atomic E-state index is 13.2. The molecule has 0 unspecified atom stereocenters. The molecule has 0 spiro atoms. The lowest BCUT2D eigenvalue weighted by atomic mass is 10.1. The van der Waals surface area contributed by atoms with Gasteiger partial charge in [-0.25, -0.2) is 9.37 Å². The van der Waals surface area contributed by atoms with E-state index in [1.165, 1.54) is 6.07 Å². The summed E-state index contributed by atoms with van der Waals surface area (Å²) in [7, 11) is 0. The molecule has 0 aliphatic heterocycles. The molecule has 106 valence electrons. The van der Waals surface area contributed by atoms with Gasteiger partial charge in [0, 0.05) is 22.4 Å². The smallest absolute Gasteiger partial charge is 0.146 e. The first kappa shape index (κ1) is 14.0. The van der Waals surface area contributed by atoms with Crippen LogP contribution in [0, 0.1) is 5.82 Å². The van der Waals surface area contributed by atoms with Gasteiger partial charge in [-0.3, -0.25) is 0 Å². The Morgan fingerprint density at radius 2 is 2.05 bits per heavy atom. The minimum atomic E-state index is -0.409. The van der Waals surface area contributed by atoms with Gasteiger partial charge in [0.1, 0.15) is 5.82 Å². The number of anilines is 1. The molecule has 2 nitrogen and oxygen atoms in total. The van der Waals surface area contributed by atoms with Crippen LogP contribution >= 0.6 is 22.9 Å². The topological polar surface area (TPSA) is 38.9 Å². The fourth-order valence-electron chi connectivity index (χ4n) is 2.05. The fourth-order valence-corrected chi connectivity index (χ4v) is 3.10. The minimum absolute atomic E-state index is 0.136. The molecular weight excluding hydrogens is 307 g/mol. The van der Waals surface area contributed by atoms with Gasteiger partial charge < -0.3 is 5.73 Å². The van der Waals surface area contributed by atoms with Crippen molar-refractivity contribution in [1.29, 1.82) is 0 Å². The summed E-state index contributed by atoms with van der Waals surface area (Å²) >= 11 is 7.54. The van der Waals surface area contributed by atoms with Gasteiger partial charge >= 0.3 is 0 Å². The molecule has 2 aromatic carbocycles. The Morgan fingerprint density at radius 3 is 2.81 bits per heavy atom. The second kappa shape index (κ2) is 5.84. The van der Waals surface area contributed by atoms with Gasteiger partial charge in [0.2, 0.25) is 0 Å². The van der Waals surface area contributed by atoms with Crippen LogP contribution in [0.1, 0.15) is 10.6 Å². The lowest BCUT2D eigenvalue weighted by Gasteiger charge is -2.00. The molecule has 0 bridgehead atoms. The van der Waals surface area contributed by atoms with Crippen LogP contribution in [0.4, 0.5) is 10.1 Å². The van der Waals surface area contributed by atoms with E-state index in [0.29, 0.717) is 0 Å². The highest BCUT2D eigenvalue weighted by atomic mass is 35.5. The number of halogens is 2. The summed E-state index contributed by atoms with van der Waals surface area (Å²) in [6.45, 7) is 0. The molecule has 3 rings (SSSR count). The summed E-state index contributed by atoms with van der Waals surface area (Å²) in [5.41, 5.74) is 8.47. The van der Waals surface area contributed by atoms with Crippen molar-refractivity contribution in [2.75, 3.05) is 5.73 Å². The summed E-state index contributed by atoms with van der Waals surface area (Å²) in [6.07, 6.45) is 0.724. The zero-order valence-corrected chi connectivity index (χ0v) is 12.6. The Bertz CT molecular complexity index is 785. The van der Waals surface area contributed by atoms with Crippen LogP contribution in [0.5, 0.6) is 0 Å². The zero-order valence-electron chi connectivity index (χ0n) is 11.0. The predicted octanol–water partition coefficient (Wildman–Crippen LogP) is 4.78. The second-order valence-corrected chi connectivity index (χ2v) is 6.05. The number of nitrogens with two attached hydrogens (primary N) is 1. The summed E-state index contributed by atoms with van der Waals surface area (Å²) in [6, 6.07) is 12.4. The second-order valence-electron chi connectivity index (χ2n) is 4.67. The van der Waals surface area contributed by atoms with E-state index in [4.69, 9.17) is 17.3 Å². The summed E-state index contributed by atoms with van der Waals surface area (Å²) in [4.78, 5) is 4.57. The maximum absolute atomic E-state index is 13.2. The fraction of sp³-hybridized carbons (Fsp3) is 0.0625. The Hall–Kier alpha value is -1.91. The van der Waals surface area contributed by atoms with E-state index in [1.54, 1.807) is 23.5 Å². The first-order valence-electron chi connectivity index (χ1n) is 6.36. The van der Waals surface area contributed by atoms with Gasteiger partial charge in [0.25, 0.3) is 0 Å². The molecule has 0 saturated heterocycles. The Balaban J connectivity index is 1.84. The summed E-state index contributed by atoms with van der Waals surface area (Å²) in [5, 5.41) is 3.65. The van der Waals surface area contributed by atoms with Crippen molar-refractivity contribution in [3.8, 4) is 11.3 Å². The maximum Gasteiger partial charge on any atom is 0.146 e. The molecule has 0 aliphatic carbocycles. The Morgan fingerprint density at radius 1 is 1.19 bits per heavy atom. The average Bonchev–Trinajstić information content (AvgIpc) is 2.90. The van der Waals surface area contributed by atoms with Gasteiger partial charge in [0.05, 0.1) is 16.4 Å². The number of thiazole rings is 1. The molecule has 0 amide bonds. The molecular formula is C16H12ClFN2S. The van der Waals surface area contributed by atoms with Crippen molar-refractivity contribution in [3.05, 3.63) is 69.3 Å². The Kier molecular flexibility index (Phi) is 3.90. The quantitative estimate of drug-likeness (QED) is 0.706. The monoisotopic (exact) mass is 318 g/mol. The van der Waals surface area contributed by atoms with E-state index in [0.717, 1.165) is 33.3 Å². The summed E-state index contributed by atoms with van der Waals surface area (Å²) in [5.74, 6) is -0.409. The SMILES string of the molecule is Nc1cc(-c2csc(Cc3cccc(Cl)c3)n2)ccc1F. The first-order valence-corrected chi connectivity index (χ1v) is 7.62. The summed E-state index contributed by atoms with van der Waals surface area (Å²) < 4.78 is 13.2. The van der Waals surface area contributed by atoms with E-state index in [2.05, 4.69) is 4.98 Å². The van der Waals surface area contributed by atoms with E-state index < -0.39 is 5.82 Å². The van der Waals surface area contributed by atoms with E-state index >= 15 is 0 Å². The highest BCUT2D eigenvalue weighted by molar-refractivity contribution is 7.10. The standard InChI is InChI=1S/C16H12ClFN2S/c17-12-3-1-2-10(6-12)7-16-20-15(9-21-16)11-4-5-13(18)14(19)8-11/h1-6,8-9H,7,19H2. The van der Waals surface area contributed by atoms with Crippen molar-refractivity contribution in [2.24, 2.45) is 0 Å². The predicted molar refractivity (Wildman–Crippen MR) is 86.2 cm³/mol. The van der Waals surface area contributed by atoms with Gasteiger partial charge in [-0.15, -0.1) is 11.3 Å². The molecule has 21 heavy (non-hydrogen) atoms. The van der Waals surface area contributed by atoms with Crippen LogP contribution < -0.4 is 5.73 Å². The number of rotatable bonds is 3. The van der Waals surface area contributed by atoms with Crippen molar-refractivity contribution in [3.63, 3.8) is 0 Å². The molecule has 5 heteroatoms. The van der Waals surface area contributed by atoms with Crippen LogP contribution in [-0.2, 0) is 6.42 Å².